The predicted molar refractivity (Wildman–Crippen MR) is 112 cm³/mol. The van der Waals surface area contributed by atoms with Gasteiger partial charge in [-0.15, -0.1) is 0 Å². The molecule has 0 aromatic rings. The zero-order chi connectivity index (χ0) is 20.6. The van der Waals surface area contributed by atoms with Crippen LogP contribution in [0.3, 0.4) is 0 Å². The van der Waals surface area contributed by atoms with Crippen LogP contribution < -0.4 is 0 Å². The van der Waals surface area contributed by atoms with E-state index in [1.807, 2.05) is 6.08 Å². The van der Waals surface area contributed by atoms with Crippen LogP contribution in [-0.4, -0.2) is 27.7 Å². The topological polar surface area (TPSA) is 60.4 Å². The van der Waals surface area contributed by atoms with Gasteiger partial charge in [0, 0.05) is 30.4 Å². The van der Waals surface area contributed by atoms with Crippen LogP contribution in [-0.2, 0) is 19.1 Å². The maximum Gasteiger partial charge on any atom is 0.306 e. The Bertz CT molecular complexity index is 818. The van der Waals surface area contributed by atoms with Crippen molar-refractivity contribution in [2.24, 2.45) is 28.6 Å². The number of fused-ring (bicyclic) bond motifs is 6. The summed E-state index contributed by atoms with van der Waals surface area (Å²) in [5.41, 5.74) is 1.09. The van der Waals surface area contributed by atoms with E-state index >= 15 is 0 Å². The molecule has 3 saturated carbocycles. The third kappa shape index (κ3) is 2.68. The molecule has 1 unspecified atom stereocenters. The number of hydrogen-bond donors (Lipinski definition) is 0. The second kappa shape index (κ2) is 6.45. The molecular weight excluding hydrogens is 384 g/mol. The minimum atomic E-state index is -0.287. The van der Waals surface area contributed by atoms with Crippen molar-refractivity contribution < 1.29 is 19.1 Å². The van der Waals surface area contributed by atoms with E-state index in [2.05, 4.69) is 13.8 Å². The van der Waals surface area contributed by atoms with Gasteiger partial charge in [-0.2, -0.15) is 0 Å². The number of ether oxygens (including phenoxy) is 1. The van der Waals surface area contributed by atoms with Gasteiger partial charge in [0.05, 0.1) is 0 Å². The highest BCUT2D eigenvalue weighted by molar-refractivity contribution is 8.14. The molecular formula is C24H32O4S. The highest BCUT2D eigenvalue weighted by atomic mass is 32.2. The molecule has 0 aromatic heterocycles. The third-order valence-electron chi connectivity index (χ3n) is 9.61. The predicted octanol–water partition coefficient (Wildman–Crippen LogP) is 4.85. The minimum absolute atomic E-state index is 0.0119. The molecule has 29 heavy (non-hydrogen) atoms. The molecule has 5 aliphatic rings. The van der Waals surface area contributed by atoms with Crippen molar-refractivity contribution in [2.75, 3.05) is 0 Å². The van der Waals surface area contributed by atoms with Gasteiger partial charge in [0.2, 0.25) is 0 Å². The first-order valence-electron chi connectivity index (χ1n) is 11.3. The fraction of sp³-hybridized carbons (Fsp3) is 0.792. The molecule has 1 heterocycles. The van der Waals surface area contributed by atoms with E-state index < -0.39 is 0 Å². The van der Waals surface area contributed by atoms with Gasteiger partial charge < -0.3 is 4.74 Å². The molecule has 4 nitrogen and oxygen atoms in total. The average molecular weight is 417 g/mol. The van der Waals surface area contributed by atoms with Crippen molar-refractivity contribution in [1.82, 2.24) is 0 Å². The molecule has 5 rings (SSSR count). The summed E-state index contributed by atoms with van der Waals surface area (Å²) in [4.78, 5) is 36.4. The van der Waals surface area contributed by atoms with Gasteiger partial charge in [-0.3, -0.25) is 14.4 Å². The second-order valence-electron chi connectivity index (χ2n) is 10.7. The number of rotatable bonds is 1. The van der Waals surface area contributed by atoms with Gasteiger partial charge in [-0.25, -0.2) is 0 Å². The molecule has 0 bridgehead atoms. The summed E-state index contributed by atoms with van der Waals surface area (Å²) in [5, 5.41) is 0.409. The van der Waals surface area contributed by atoms with E-state index in [0.717, 1.165) is 44.9 Å². The summed E-state index contributed by atoms with van der Waals surface area (Å²) in [6, 6.07) is 0. The van der Waals surface area contributed by atoms with Crippen molar-refractivity contribution in [2.45, 2.75) is 89.4 Å². The molecule has 0 amide bonds. The maximum absolute atomic E-state index is 12.2. The summed E-state index contributed by atoms with van der Waals surface area (Å²) >= 11 is 1.50. The van der Waals surface area contributed by atoms with Gasteiger partial charge >= 0.3 is 5.97 Å². The summed E-state index contributed by atoms with van der Waals surface area (Å²) in [6.07, 6.45) is 10.0. The lowest BCUT2D eigenvalue weighted by Gasteiger charge is -2.61. The Balaban J connectivity index is 1.56. The Labute approximate surface area is 177 Å². The van der Waals surface area contributed by atoms with Crippen LogP contribution in [0.4, 0.5) is 0 Å². The third-order valence-corrected chi connectivity index (χ3v) is 10.7. The quantitative estimate of drug-likeness (QED) is 0.572. The van der Waals surface area contributed by atoms with E-state index in [0.29, 0.717) is 30.6 Å². The van der Waals surface area contributed by atoms with Crippen molar-refractivity contribution >= 4 is 28.6 Å². The first kappa shape index (κ1) is 19.8. The maximum atomic E-state index is 12.2. The highest BCUT2D eigenvalue weighted by Crippen LogP contribution is 2.70. The molecule has 1 aliphatic heterocycles. The lowest BCUT2D eigenvalue weighted by molar-refractivity contribution is -0.167. The Morgan fingerprint density at radius 2 is 1.83 bits per heavy atom. The van der Waals surface area contributed by atoms with E-state index in [1.165, 1.54) is 17.3 Å². The highest BCUT2D eigenvalue weighted by Gasteiger charge is 2.68. The van der Waals surface area contributed by atoms with Crippen LogP contribution in [0.2, 0.25) is 0 Å². The monoisotopic (exact) mass is 416 g/mol. The molecule has 1 spiro atoms. The molecule has 0 aromatic carbocycles. The Hall–Kier alpha value is -1.10. The summed E-state index contributed by atoms with van der Waals surface area (Å²) in [5.74, 6) is 1.67. The Morgan fingerprint density at radius 1 is 1.07 bits per heavy atom. The van der Waals surface area contributed by atoms with E-state index in [-0.39, 0.29) is 38.5 Å². The zero-order valence-electron chi connectivity index (χ0n) is 17.8. The van der Waals surface area contributed by atoms with Gasteiger partial charge in [-0.1, -0.05) is 31.2 Å². The lowest BCUT2D eigenvalue weighted by atomic mass is 9.46. The number of thioether (sulfide) groups is 1. The Morgan fingerprint density at radius 3 is 2.52 bits per heavy atom. The number of hydrogen-bond acceptors (Lipinski definition) is 5. The van der Waals surface area contributed by atoms with Crippen LogP contribution in [0.5, 0.6) is 0 Å². The molecule has 7 atom stereocenters. The van der Waals surface area contributed by atoms with E-state index in [9.17, 15) is 14.4 Å². The normalized spacial score (nSPS) is 48.6. The van der Waals surface area contributed by atoms with Gasteiger partial charge in [0.1, 0.15) is 5.60 Å². The average Bonchev–Trinajstić information content (AvgIpc) is 3.17. The van der Waals surface area contributed by atoms with Crippen molar-refractivity contribution in [3.63, 3.8) is 0 Å². The molecule has 4 aliphatic carbocycles. The second-order valence-corrected chi connectivity index (χ2v) is 12.1. The van der Waals surface area contributed by atoms with E-state index in [4.69, 9.17) is 4.74 Å². The van der Waals surface area contributed by atoms with Gasteiger partial charge in [0.15, 0.2) is 10.9 Å². The standard InChI is InChI=1S/C24H32O4S/c1-14(25)29-19-13-15-12-16(26)4-8-22(15,2)17-5-9-23(3)18(21(17)19)6-10-24(23)11-7-20(27)28-24/h12,17-19,21H,4-11,13H2,1-3H3/t17-,18-,19?,21+,22+,23+,24-/m1/s1. The molecule has 4 fully saturated rings. The van der Waals surface area contributed by atoms with Crippen LogP contribution in [0.1, 0.15) is 78.6 Å². The molecule has 0 radical (unpaired) electrons. The molecule has 0 N–H and O–H groups in total. The van der Waals surface area contributed by atoms with Crippen LogP contribution >= 0.6 is 11.8 Å². The Kier molecular flexibility index (Phi) is 4.41. The summed E-state index contributed by atoms with van der Waals surface area (Å²) in [7, 11) is 0. The minimum Gasteiger partial charge on any atom is -0.458 e. The summed E-state index contributed by atoms with van der Waals surface area (Å²) < 4.78 is 6.06. The van der Waals surface area contributed by atoms with Crippen LogP contribution in [0.15, 0.2) is 11.6 Å². The number of ketones is 1. The van der Waals surface area contributed by atoms with Crippen molar-refractivity contribution in [3.05, 3.63) is 11.6 Å². The molecule has 158 valence electrons. The fourth-order valence-electron chi connectivity index (χ4n) is 8.13. The summed E-state index contributed by atoms with van der Waals surface area (Å²) in [6.45, 7) is 6.42. The fourth-order valence-corrected chi connectivity index (χ4v) is 9.36. The first-order chi connectivity index (χ1) is 13.7. The number of carbonyl (C=O) groups is 3. The molecule has 5 heteroatoms. The van der Waals surface area contributed by atoms with Gasteiger partial charge in [0.25, 0.3) is 0 Å². The van der Waals surface area contributed by atoms with Crippen molar-refractivity contribution in [1.29, 1.82) is 0 Å². The first-order valence-corrected chi connectivity index (χ1v) is 12.2. The van der Waals surface area contributed by atoms with Crippen LogP contribution in [0.25, 0.3) is 0 Å². The van der Waals surface area contributed by atoms with Crippen LogP contribution in [0, 0.1) is 28.6 Å². The molecule has 1 saturated heterocycles. The lowest BCUT2D eigenvalue weighted by Crippen LogP contribution is -2.57. The SMILES string of the molecule is CC(=O)SC1CC2=CC(=O)CC[C@]2(C)[C@@H]2CC[C@@]3(C)[C@H](CC[C@@]34CCC(=O)O4)[C@@H]12. The largest absolute Gasteiger partial charge is 0.458 e. The van der Waals surface area contributed by atoms with E-state index in [1.54, 1.807) is 6.92 Å². The smallest absolute Gasteiger partial charge is 0.306 e. The van der Waals surface area contributed by atoms with Gasteiger partial charge in [-0.05, 0) is 74.2 Å². The number of carbonyl (C=O) groups excluding carboxylic acids is 3. The van der Waals surface area contributed by atoms with Crippen molar-refractivity contribution in [3.8, 4) is 0 Å². The zero-order valence-corrected chi connectivity index (χ0v) is 18.6. The number of allylic oxidation sites excluding steroid dienone is 1. The number of esters is 1.